The lowest BCUT2D eigenvalue weighted by atomic mass is 9.79. The number of rotatable bonds is 5. The second-order valence-corrected chi connectivity index (χ2v) is 6.78. The van der Waals surface area contributed by atoms with E-state index in [0.29, 0.717) is 10.9 Å². The van der Waals surface area contributed by atoms with Crippen LogP contribution >= 0.6 is 11.6 Å². The first-order chi connectivity index (χ1) is 9.49. The average molecular weight is 300 g/mol. The van der Waals surface area contributed by atoms with Gasteiger partial charge in [0.15, 0.2) is 0 Å². The lowest BCUT2D eigenvalue weighted by molar-refractivity contribution is 0.0677. The van der Waals surface area contributed by atoms with E-state index in [1.165, 1.54) is 12.8 Å². The molecule has 0 spiro atoms. The van der Waals surface area contributed by atoms with Crippen molar-refractivity contribution < 1.29 is 5.11 Å². The summed E-state index contributed by atoms with van der Waals surface area (Å²) >= 11 is 6.25. The van der Waals surface area contributed by atoms with E-state index < -0.39 is 6.10 Å². The molecule has 1 aliphatic rings. The van der Waals surface area contributed by atoms with E-state index in [1.54, 1.807) is 6.20 Å². The van der Waals surface area contributed by atoms with E-state index in [0.717, 1.165) is 37.5 Å². The highest BCUT2D eigenvalue weighted by Gasteiger charge is 2.29. The van der Waals surface area contributed by atoms with Crippen molar-refractivity contribution in [3.63, 3.8) is 0 Å². The van der Waals surface area contributed by atoms with Crippen LogP contribution in [0.3, 0.4) is 0 Å². The maximum atomic E-state index is 10.7. The van der Waals surface area contributed by atoms with Gasteiger partial charge >= 0.3 is 0 Å². The Hall–Kier alpha value is -0.580. The third kappa shape index (κ3) is 3.74. The number of aliphatic hydroxyl groups excluding tert-OH is 1. The van der Waals surface area contributed by atoms with Gasteiger partial charge in [-0.2, -0.15) is 5.10 Å². The Bertz CT molecular complexity index is 425. The molecule has 1 heterocycles. The van der Waals surface area contributed by atoms with Crippen molar-refractivity contribution in [1.29, 1.82) is 0 Å². The van der Waals surface area contributed by atoms with Crippen LogP contribution in [0.1, 0.15) is 44.4 Å². The summed E-state index contributed by atoms with van der Waals surface area (Å²) in [4.78, 5) is 2.11. The highest BCUT2D eigenvalue weighted by Crippen LogP contribution is 2.38. The largest absolute Gasteiger partial charge is 0.386 e. The Morgan fingerprint density at radius 2 is 2.05 bits per heavy atom. The summed E-state index contributed by atoms with van der Waals surface area (Å²) in [7, 11) is 4.06. The van der Waals surface area contributed by atoms with Crippen molar-refractivity contribution >= 4 is 11.6 Å². The molecule has 1 saturated carbocycles. The Labute approximate surface area is 126 Å². The van der Waals surface area contributed by atoms with Crippen molar-refractivity contribution in [3.05, 3.63) is 16.9 Å². The van der Waals surface area contributed by atoms with Gasteiger partial charge in [0.2, 0.25) is 0 Å². The van der Waals surface area contributed by atoms with Crippen LogP contribution in [0.25, 0.3) is 0 Å². The number of hydrogen-bond acceptors (Lipinski definition) is 3. The van der Waals surface area contributed by atoms with Crippen molar-refractivity contribution in [3.8, 4) is 0 Å². The molecule has 20 heavy (non-hydrogen) atoms. The second kappa shape index (κ2) is 6.92. The van der Waals surface area contributed by atoms with Crippen molar-refractivity contribution in [2.24, 2.45) is 11.8 Å². The minimum atomic E-state index is -0.486. The van der Waals surface area contributed by atoms with E-state index in [-0.39, 0.29) is 0 Å². The van der Waals surface area contributed by atoms with E-state index >= 15 is 0 Å². The maximum absolute atomic E-state index is 10.7. The fraction of sp³-hybridized carbons (Fsp3) is 0.800. The summed E-state index contributed by atoms with van der Waals surface area (Å²) in [6, 6.07) is 0. The van der Waals surface area contributed by atoms with Gasteiger partial charge in [-0.25, -0.2) is 0 Å². The number of halogens is 1. The predicted molar refractivity (Wildman–Crippen MR) is 81.9 cm³/mol. The molecule has 1 aromatic rings. The van der Waals surface area contributed by atoms with Crippen LogP contribution in [0.4, 0.5) is 0 Å². The van der Waals surface area contributed by atoms with Gasteiger partial charge in [-0.1, -0.05) is 31.4 Å². The highest BCUT2D eigenvalue weighted by atomic mass is 35.5. The van der Waals surface area contributed by atoms with Crippen LogP contribution in [0.5, 0.6) is 0 Å². The van der Waals surface area contributed by atoms with Gasteiger partial charge in [-0.05, 0) is 38.8 Å². The Morgan fingerprint density at radius 1 is 1.40 bits per heavy atom. The Balaban J connectivity index is 2.08. The van der Waals surface area contributed by atoms with Crippen molar-refractivity contribution in [2.75, 3.05) is 20.6 Å². The fourth-order valence-electron chi connectivity index (χ4n) is 2.96. The van der Waals surface area contributed by atoms with E-state index in [1.807, 2.05) is 18.8 Å². The van der Waals surface area contributed by atoms with Gasteiger partial charge < -0.3 is 10.0 Å². The summed E-state index contributed by atoms with van der Waals surface area (Å²) in [6.45, 7) is 3.94. The smallest absolute Gasteiger partial charge is 0.0999 e. The first-order valence-electron chi connectivity index (χ1n) is 7.53. The third-order valence-corrected chi connectivity index (χ3v) is 4.67. The average Bonchev–Trinajstić information content (AvgIpc) is 2.77. The van der Waals surface area contributed by atoms with Crippen LogP contribution in [0.2, 0.25) is 5.02 Å². The molecule has 4 nitrogen and oxygen atoms in total. The van der Waals surface area contributed by atoms with Crippen LogP contribution < -0.4 is 0 Å². The molecule has 0 bridgehead atoms. The molecule has 0 saturated heterocycles. The summed E-state index contributed by atoms with van der Waals surface area (Å²) in [5.41, 5.74) is 0.799. The predicted octanol–water partition coefficient (Wildman–Crippen LogP) is 2.96. The van der Waals surface area contributed by atoms with E-state index in [9.17, 15) is 5.11 Å². The Kier molecular flexibility index (Phi) is 5.47. The fourth-order valence-corrected chi connectivity index (χ4v) is 3.22. The molecule has 0 amide bonds. The zero-order valence-corrected chi connectivity index (χ0v) is 13.5. The van der Waals surface area contributed by atoms with Gasteiger partial charge in [0.05, 0.1) is 29.6 Å². The maximum Gasteiger partial charge on any atom is 0.0999 e. The van der Waals surface area contributed by atoms with Gasteiger partial charge in [0.25, 0.3) is 0 Å². The minimum Gasteiger partial charge on any atom is -0.386 e. The normalized spacial score (nSPS) is 25.1. The monoisotopic (exact) mass is 299 g/mol. The summed E-state index contributed by atoms with van der Waals surface area (Å²) in [5, 5.41) is 15.6. The number of nitrogens with zero attached hydrogens (tertiary/aromatic N) is 3. The molecule has 1 aromatic heterocycles. The van der Waals surface area contributed by atoms with Crippen LogP contribution in [-0.2, 0) is 6.54 Å². The van der Waals surface area contributed by atoms with Gasteiger partial charge in [-0.3, -0.25) is 4.68 Å². The zero-order chi connectivity index (χ0) is 14.7. The lowest BCUT2D eigenvalue weighted by Gasteiger charge is -2.30. The van der Waals surface area contributed by atoms with Gasteiger partial charge in [-0.15, -0.1) is 0 Å². The molecule has 0 aromatic carbocycles. The number of hydrogen-bond donors (Lipinski definition) is 1. The molecule has 1 fully saturated rings. The van der Waals surface area contributed by atoms with Gasteiger partial charge in [0.1, 0.15) is 0 Å². The standard InChI is InChI=1S/C15H26ClN3O/c1-11-4-6-12(7-5-11)15(20)14-13(16)10-17-19(14)9-8-18(2)3/h10-12,15,20H,4-9H2,1-3H3. The van der Waals surface area contributed by atoms with E-state index in [2.05, 4.69) is 16.9 Å². The lowest BCUT2D eigenvalue weighted by Crippen LogP contribution is -2.25. The third-order valence-electron chi connectivity index (χ3n) is 4.38. The quantitative estimate of drug-likeness (QED) is 0.909. The summed E-state index contributed by atoms with van der Waals surface area (Å²) < 4.78 is 1.87. The molecule has 0 aliphatic heterocycles. The summed E-state index contributed by atoms with van der Waals surface area (Å²) in [5.74, 6) is 1.10. The van der Waals surface area contributed by atoms with Crippen LogP contribution in [0, 0.1) is 11.8 Å². The molecule has 2 rings (SSSR count). The molecule has 1 N–H and O–H groups in total. The SMILES string of the molecule is CC1CCC(C(O)c2c(Cl)cnn2CCN(C)C)CC1. The number of likely N-dealkylation sites (N-methyl/N-ethyl adjacent to an activating group) is 1. The number of aromatic nitrogens is 2. The molecular weight excluding hydrogens is 274 g/mol. The number of aliphatic hydroxyl groups is 1. The van der Waals surface area contributed by atoms with Crippen molar-refractivity contribution in [2.45, 2.75) is 45.3 Å². The molecule has 1 atom stereocenters. The topological polar surface area (TPSA) is 41.3 Å². The van der Waals surface area contributed by atoms with Gasteiger partial charge in [0, 0.05) is 6.54 Å². The highest BCUT2D eigenvalue weighted by molar-refractivity contribution is 6.31. The minimum absolute atomic E-state index is 0.318. The Morgan fingerprint density at radius 3 is 2.65 bits per heavy atom. The van der Waals surface area contributed by atoms with E-state index in [4.69, 9.17) is 11.6 Å². The first-order valence-corrected chi connectivity index (χ1v) is 7.90. The molecular formula is C15H26ClN3O. The molecule has 0 radical (unpaired) electrons. The second-order valence-electron chi connectivity index (χ2n) is 6.37. The van der Waals surface area contributed by atoms with Crippen LogP contribution in [-0.4, -0.2) is 40.4 Å². The molecule has 114 valence electrons. The zero-order valence-electron chi connectivity index (χ0n) is 12.7. The molecule has 1 aliphatic carbocycles. The first kappa shape index (κ1) is 15.8. The van der Waals surface area contributed by atoms with Crippen molar-refractivity contribution in [1.82, 2.24) is 14.7 Å². The summed E-state index contributed by atoms with van der Waals surface area (Å²) in [6.07, 6.45) is 5.73. The molecule has 1 unspecified atom stereocenters. The molecule has 5 heteroatoms. The van der Waals surface area contributed by atoms with Crippen LogP contribution in [0.15, 0.2) is 6.20 Å².